The molecule has 0 radical (unpaired) electrons. The number of hydrogen-bond acceptors (Lipinski definition) is 3. The summed E-state index contributed by atoms with van der Waals surface area (Å²) in [6.07, 6.45) is 1.69. The Morgan fingerprint density at radius 1 is 1.00 bits per heavy atom. The third kappa shape index (κ3) is 2.39. The highest BCUT2D eigenvalue weighted by atomic mass is 79.9. The molecule has 1 heterocycles. The molecule has 4 heteroatoms. The predicted molar refractivity (Wildman–Crippen MR) is 83.6 cm³/mol. The molecule has 94 valence electrons. The maximum Gasteiger partial charge on any atom is 0.125 e. The Labute approximate surface area is 119 Å². The van der Waals surface area contributed by atoms with Crippen molar-refractivity contribution >= 4 is 43.9 Å². The van der Waals surface area contributed by atoms with Crippen LogP contribution in [0, 0.1) is 0 Å². The monoisotopic (exact) mass is 313 g/mol. The average Bonchev–Trinajstić information content (AvgIpc) is 2.42. The molecule has 19 heavy (non-hydrogen) atoms. The Morgan fingerprint density at radius 2 is 1.79 bits per heavy atom. The molecule has 3 N–H and O–H groups in total. The zero-order valence-electron chi connectivity index (χ0n) is 10.1. The molecule has 0 atom stereocenters. The van der Waals surface area contributed by atoms with Gasteiger partial charge in [0.2, 0.25) is 0 Å². The molecule has 1 aromatic heterocycles. The number of fused-ring (bicyclic) bond motifs is 1. The summed E-state index contributed by atoms with van der Waals surface area (Å²) in [5, 5.41) is 5.71. The molecule has 0 saturated heterocycles. The van der Waals surface area contributed by atoms with Crippen molar-refractivity contribution in [1.29, 1.82) is 0 Å². The van der Waals surface area contributed by atoms with Crippen LogP contribution in [0.4, 0.5) is 17.2 Å². The zero-order valence-corrected chi connectivity index (χ0v) is 11.7. The lowest BCUT2D eigenvalue weighted by atomic mass is 10.1. The van der Waals surface area contributed by atoms with Gasteiger partial charge >= 0.3 is 0 Å². The second kappa shape index (κ2) is 4.90. The van der Waals surface area contributed by atoms with Crippen molar-refractivity contribution in [3.8, 4) is 0 Å². The van der Waals surface area contributed by atoms with Gasteiger partial charge in [-0.3, -0.25) is 0 Å². The summed E-state index contributed by atoms with van der Waals surface area (Å²) in [7, 11) is 0. The number of benzene rings is 2. The van der Waals surface area contributed by atoms with Crippen molar-refractivity contribution in [3.63, 3.8) is 0 Å². The van der Waals surface area contributed by atoms with Crippen LogP contribution < -0.4 is 11.1 Å². The number of hydrogen-bond donors (Lipinski definition) is 2. The topological polar surface area (TPSA) is 50.9 Å². The van der Waals surface area contributed by atoms with Crippen molar-refractivity contribution in [2.24, 2.45) is 0 Å². The summed E-state index contributed by atoms with van der Waals surface area (Å²) in [6.45, 7) is 0. The first-order chi connectivity index (χ1) is 9.24. The van der Waals surface area contributed by atoms with E-state index in [1.807, 2.05) is 36.4 Å². The molecule has 0 unspecified atom stereocenters. The zero-order chi connectivity index (χ0) is 13.2. The number of nitrogen functional groups attached to an aromatic ring is 1. The van der Waals surface area contributed by atoms with Gasteiger partial charge in [-0.2, -0.15) is 0 Å². The van der Waals surface area contributed by atoms with Gasteiger partial charge < -0.3 is 11.1 Å². The van der Waals surface area contributed by atoms with E-state index in [1.54, 1.807) is 6.20 Å². The van der Waals surface area contributed by atoms with Crippen LogP contribution in [0.5, 0.6) is 0 Å². The first-order valence-corrected chi connectivity index (χ1v) is 6.69. The number of halogens is 1. The molecule has 3 aromatic rings. The molecule has 0 bridgehead atoms. The summed E-state index contributed by atoms with van der Waals surface area (Å²) in [5.74, 6) is 0.506. The number of anilines is 3. The quantitative estimate of drug-likeness (QED) is 0.740. The van der Waals surface area contributed by atoms with E-state index in [-0.39, 0.29) is 0 Å². The van der Waals surface area contributed by atoms with Gasteiger partial charge in [0, 0.05) is 33.5 Å². The van der Waals surface area contributed by atoms with E-state index in [4.69, 9.17) is 5.73 Å². The van der Waals surface area contributed by atoms with Crippen LogP contribution in [0.25, 0.3) is 10.8 Å². The first-order valence-electron chi connectivity index (χ1n) is 5.90. The molecule has 0 fully saturated rings. The van der Waals surface area contributed by atoms with E-state index in [1.165, 1.54) is 5.39 Å². The normalized spacial score (nSPS) is 10.6. The van der Waals surface area contributed by atoms with Crippen LogP contribution in [-0.2, 0) is 0 Å². The summed E-state index contributed by atoms with van der Waals surface area (Å²) in [5.41, 5.74) is 7.67. The first kappa shape index (κ1) is 12.0. The van der Waals surface area contributed by atoms with Gasteiger partial charge in [-0.1, -0.05) is 40.2 Å². The standard InChI is InChI=1S/C15H12BrN3/c16-13-5-6-14(12-4-2-1-3-11(12)13)19-10-7-8-18-15(17)9-10/h1-9H,(H3,17,18,19). The van der Waals surface area contributed by atoms with Crippen LogP contribution in [0.1, 0.15) is 0 Å². The molecule has 3 rings (SSSR count). The summed E-state index contributed by atoms with van der Waals surface area (Å²) < 4.78 is 1.09. The highest BCUT2D eigenvalue weighted by Gasteiger charge is 2.04. The van der Waals surface area contributed by atoms with Crippen molar-refractivity contribution in [1.82, 2.24) is 4.98 Å². The van der Waals surface area contributed by atoms with Crippen molar-refractivity contribution < 1.29 is 0 Å². The second-order valence-corrected chi connectivity index (χ2v) is 5.09. The van der Waals surface area contributed by atoms with E-state index in [0.29, 0.717) is 5.82 Å². The Balaban J connectivity index is 2.09. The van der Waals surface area contributed by atoms with Gasteiger partial charge in [0.05, 0.1) is 0 Å². The number of nitrogens with two attached hydrogens (primary N) is 1. The third-order valence-electron chi connectivity index (χ3n) is 2.93. The third-order valence-corrected chi connectivity index (χ3v) is 3.62. The lowest BCUT2D eigenvalue weighted by Gasteiger charge is -2.11. The summed E-state index contributed by atoms with van der Waals surface area (Å²) in [4.78, 5) is 3.99. The van der Waals surface area contributed by atoms with Crippen molar-refractivity contribution in [3.05, 3.63) is 59.2 Å². The minimum absolute atomic E-state index is 0.506. The fourth-order valence-electron chi connectivity index (χ4n) is 2.05. The number of aromatic nitrogens is 1. The van der Waals surface area contributed by atoms with Crippen molar-refractivity contribution in [2.45, 2.75) is 0 Å². The smallest absolute Gasteiger partial charge is 0.125 e. The Morgan fingerprint density at radius 3 is 2.58 bits per heavy atom. The number of nitrogens with zero attached hydrogens (tertiary/aromatic N) is 1. The Kier molecular flexibility index (Phi) is 3.09. The molecule has 0 aliphatic rings. The fraction of sp³-hybridized carbons (Fsp3) is 0. The Hall–Kier alpha value is -2.07. The molecule has 0 aliphatic carbocycles. The molecule has 0 aliphatic heterocycles. The molecular formula is C15H12BrN3. The van der Waals surface area contributed by atoms with Crippen LogP contribution in [0.3, 0.4) is 0 Å². The van der Waals surface area contributed by atoms with Crippen LogP contribution in [0.2, 0.25) is 0 Å². The lowest BCUT2D eigenvalue weighted by Crippen LogP contribution is -1.95. The van der Waals surface area contributed by atoms with Crippen LogP contribution in [-0.4, -0.2) is 4.98 Å². The SMILES string of the molecule is Nc1cc(Nc2ccc(Br)c3ccccc23)ccn1. The van der Waals surface area contributed by atoms with E-state index < -0.39 is 0 Å². The van der Waals surface area contributed by atoms with E-state index in [0.717, 1.165) is 21.2 Å². The number of nitrogens with one attached hydrogen (secondary N) is 1. The van der Waals surface area contributed by atoms with Gasteiger partial charge in [0.25, 0.3) is 0 Å². The molecule has 3 nitrogen and oxygen atoms in total. The fourth-order valence-corrected chi connectivity index (χ4v) is 2.53. The minimum Gasteiger partial charge on any atom is -0.384 e. The Bertz CT molecular complexity index is 740. The van der Waals surface area contributed by atoms with E-state index in [2.05, 4.69) is 38.4 Å². The molecular weight excluding hydrogens is 302 g/mol. The largest absolute Gasteiger partial charge is 0.384 e. The minimum atomic E-state index is 0.506. The second-order valence-electron chi connectivity index (χ2n) is 4.23. The molecule has 0 amide bonds. The van der Waals surface area contributed by atoms with Gasteiger partial charge in [-0.15, -0.1) is 0 Å². The van der Waals surface area contributed by atoms with Gasteiger partial charge in [-0.05, 0) is 23.6 Å². The summed E-state index contributed by atoms with van der Waals surface area (Å²) >= 11 is 3.57. The highest BCUT2D eigenvalue weighted by molar-refractivity contribution is 9.10. The van der Waals surface area contributed by atoms with Crippen LogP contribution >= 0.6 is 15.9 Å². The summed E-state index contributed by atoms with van der Waals surface area (Å²) in [6, 6.07) is 16.0. The highest BCUT2D eigenvalue weighted by Crippen LogP contribution is 2.31. The predicted octanol–water partition coefficient (Wildman–Crippen LogP) is 4.32. The molecule has 0 saturated carbocycles. The molecule has 0 spiro atoms. The van der Waals surface area contributed by atoms with Gasteiger partial charge in [0.15, 0.2) is 0 Å². The van der Waals surface area contributed by atoms with Gasteiger partial charge in [0.1, 0.15) is 5.82 Å². The van der Waals surface area contributed by atoms with E-state index in [9.17, 15) is 0 Å². The number of rotatable bonds is 2. The average molecular weight is 314 g/mol. The maximum absolute atomic E-state index is 5.69. The van der Waals surface area contributed by atoms with E-state index >= 15 is 0 Å². The maximum atomic E-state index is 5.69. The lowest BCUT2D eigenvalue weighted by molar-refractivity contribution is 1.33. The molecule has 2 aromatic carbocycles. The van der Waals surface area contributed by atoms with Gasteiger partial charge in [-0.25, -0.2) is 4.98 Å². The van der Waals surface area contributed by atoms with Crippen LogP contribution in [0.15, 0.2) is 59.2 Å². The number of pyridine rings is 1. The van der Waals surface area contributed by atoms with Crippen molar-refractivity contribution in [2.75, 3.05) is 11.1 Å².